The van der Waals surface area contributed by atoms with Crippen LogP contribution in [0.15, 0.2) is 48.8 Å². The van der Waals surface area contributed by atoms with Gasteiger partial charge in [0.15, 0.2) is 0 Å². The molecule has 1 amide bonds. The topological polar surface area (TPSA) is 65.5 Å². The lowest BCUT2D eigenvalue weighted by Gasteiger charge is -2.17. The minimum atomic E-state index is -0.690. The molecule has 5 heteroatoms. The quantitative estimate of drug-likeness (QED) is 0.816. The first kappa shape index (κ1) is 17.1. The van der Waals surface area contributed by atoms with Gasteiger partial charge in [0.2, 0.25) is 5.91 Å². The summed E-state index contributed by atoms with van der Waals surface area (Å²) >= 11 is 0. The predicted molar refractivity (Wildman–Crippen MR) is 89.7 cm³/mol. The number of benzene rings is 1. The molecule has 2 rings (SSSR count). The fourth-order valence-corrected chi connectivity index (χ4v) is 2.27. The van der Waals surface area contributed by atoms with Crippen molar-refractivity contribution in [3.05, 3.63) is 65.5 Å². The van der Waals surface area contributed by atoms with E-state index in [1.807, 2.05) is 55.3 Å². The molecule has 0 aliphatic rings. The normalized spacial score (nSPS) is 12.2. The third-order valence-electron chi connectivity index (χ3n) is 3.57. The van der Waals surface area contributed by atoms with Crippen molar-refractivity contribution in [2.24, 2.45) is 0 Å². The molecule has 2 N–H and O–H groups in total. The van der Waals surface area contributed by atoms with E-state index in [1.54, 1.807) is 12.4 Å². The first-order valence-electron chi connectivity index (χ1n) is 7.63. The Balaban J connectivity index is 1.75. The molecule has 0 saturated carbocycles. The number of carbonyl (C=O) groups excluding carboxylic acids is 1. The Morgan fingerprint density at radius 1 is 1.22 bits per heavy atom. The van der Waals surface area contributed by atoms with Gasteiger partial charge in [0.1, 0.15) is 0 Å². The van der Waals surface area contributed by atoms with Crippen LogP contribution < -0.4 is 5.32 Å². The summed E-state index contributed by atoms with van der Waals surface area (Å²) in [7, 11) is 1.89. The fourth-order valence-electron chi connectivity index (χ4n) is 2.27. The molecule has 1 heterocycles. The smallest absolute Gasteiger partial charge is 0.234 e. The fraction of sp³-hybridized carbons (Fsp3) is 0.333. The Morgan fingerprint density at radius 3 is 2.52 bits per heavy atom. The van der Waals surface area contributed by atoms with E-state index in [-0.39, 0.29) is 19.0 Å². The summed E-state index contributed by atoms with van der Waals surface area (Å²) in [5, 5.41) is 12.9. The number of nitrogens with one attached hydrogen (secondary N) is 1. The van der Waals surface area contributed by atoms with E-state index in [1.165, 1.54) is 0 Å². The second kappa shape index (κ2) is 8.41. The highest BCUT2D eigenvalue weighted by molar-refractivity contribution is 5.78. The lowest BCUT2D eigenvalue weighted by molar-refractivity contribution is -0.122. The number of aliphatic hydroxyl groups is 1. The molecule has 0 saturated heterocycles. The Morgan fingerprint density at radius 2 is 1.87 bits per heavy atom. The molecule has 0 spiro atoms. The van der Waals surface area contributed by atoms with Gasteiger partial charge < -0.3 is 10.4 Å². The van der Waals surface area contributed by atoms with Gasteiger partial charge in [-0.05, 0) is 37.2 Å². The van der Waals surface area contributed by atoms with Crippen LogP contribution in [0.5, 0.6) is 0 Å². The summed E-state index contributed by atoms with van der Waals surface area (Å²) in [6, 6.07) is 11.5. The van der Waals surface area contributed by atoms with E-state index in [0.717, 1.165) is 16.7 Å². The van der Waals surface area contributed by atoms with Crippen molar-refractivity contribution in [2.75, 3.05) is 20.1 Å². The van der Waals surface area contributed by atoms with Crippen molar-refractivity contribution in [1.82, 2.24) is 15.2 Å². The Kier molecular flexibility index (Phi) is 6.26. The van der Waals surface area contributed by atoms with Gasteiger partial charge in [0.25, 0.3) is 0 Å². The highest BCUT2D eigenvalue weighted by Crippen LogP contribution is 2.12. The Bertz CT molecular complexity index is 614. The number of amides is 1. The van der Waals surface area contributed by atoms with Gasteiger partial charge in [0.05, 0.1) is 12.6 Å². The average Bonchev–Trinajstić information content (AvgIpc) is 2.54. The number of aryl methyl sites for hydroxylation is 1. The monoisotopic (exact) mass is 313 g/mol. The maximum atomic E-state index is 12.0. The van der Waals surface area contributed by atoms with Crippen LogP contribution in [0.3, 0.4) is 0 Å². The van der Waals surface area contributed by atoms with Crippen molar-refractivity contribution in [3.8, 4) is 0 Å². The van der Waals surface area contributed by atoms with E-state index in [4.69, 9.17) is 0 Å². The molecule has 0 aliphatic heterocycles. The number of nitrogens with zero attached hydrogens (tertiary/aromatic N) is 2. The highest BCUT2D eigenvalue weighted by Gasteiger charge is 2.11. The lowest BCUT2D eigenvalue weighted by atomic mass is 10.1. The summed E-state index contributed by atoms with van der Waals surface area (Å²) in [4.78, 5) is 17.8. The summed E-state index contributed by atoms with van der Waals surface area (Å²) in [6.07, 6.45) is 2.78. The lowest BCUT2D eigenvalue weighted by Crippen LogP contribution is -2.36. The predicted octanol–water partition coefficient (Wildman–Crippen LogP) is 1.67. The van der Waals surface area contributed by atoms with Crippen molar-refractivity contribution >= 4 is 5.91 Å². The largest absolute Gasteiger partial charge is 0.387 e. The second-order valence-electron chi connectivity index (χ2n) is 5.76. The minimum Gasteiger partial charge on any atom is -0.387 e. The molecule has 1 atom stereocenters. The summed E-state index contributed by atoms with van der Waals surface area (Å²) in [5.74, 6) is -0.104. The standard InChI is InChI=1S/C18H23N3O2/c1-14-3-5-16(6-4-14)17(22)11-20-18(23)13-21(2)12-15-7-9-19-10-8-15/h3-10,17,22H,11-13H2,1-2H3,(H,20,23). The maximum Gasteiger partial charge on any atom is 0.234 e. The van der Waals surface area contributed by atoms with Crippen LogP contribution in [-0.2, 0) is 11.3 Å². The first-order chi connectivity index (χ1) is 11.0. The zero-order valence-electron chi connectivity index (χ0n) is 13.6. The van der Waals surface area contributed by atoms with Crippen molar-refractivity contribution in [2.45, 2.75) is 19.6 Å². The van der Waals surface area contributed by atoms with Gasteiger partial charge >= 0.3 is 0 Å². The molecule has 0 bridgehead atoms. The minimum absolute atomic E-state index is 0.104. The third kappa shape index (κ3) is 5.81. The summed E-state index contributed by atoms with van der Waals surface area (Å²) in [5.41, 5.74) is 3.05. The molecule has 1 aromatic carbocycles. The number of likely N-dealkylation sites (N-methyl/N-ethyl adjacent to an activating group) is 1. The van der Waals surface area contributed by atoms with E-state index in [2.05, 4.69) is 10.3 Å². The summed E-state index contributed by atoms with van der Waals surface area (Å²) < 4.78 is 0. The maximum absolute atomic E-state index is 12.0. The van der Waals surface area contributed by atoms with E-state index in [9.17, 15) is 9.90 Å². The molecule has 1 unspecified atom stereocenters. The Hall–Kier alpha value is -2.24. The first-order valence-corrected chi connectivity index (χ1v) is 7.63. The number of aromatic nitrogens is 1. The van der Waals surface area contributed by atoms with Gasteiger partial charge in [0, 0.05) is 25.5 Å². The molecule has 23 heavy (non-hydrogen) atoms. The van der Waals surface area contributed by atoms with Gasteiger partial charge in [-0.15, -0.1) is 0 Å². The SMILES string of the molecule is Cc1ccc(C(O)CNC(=O)CN(C)Cc2ccncc2)cc1. The number of pyridine rings is 1. The number of aliphatic hydroxyl groups excluding tert-OH is 1. The molecule has 0 radical (unpaired) electrons. The van der Waals surface area contributed by atoms with Crippen LogP contribution in [0.25, 0.3) is 0 Å². The van der Waals surface area contributed by atoms with Crippen molar-refractivity contribution < 1.29 is 9.90 Å². The number of rotatable bonds is 7. The van der Waals surface area contributed by atoms with Gasteiger partial charge in [-0.1, -0.05) is 29.8 Å². The van der Waals surface area contributed by atoms with Crippen LogP contribution in [0.2, 0.25) is 0 Å². The average molecular weight is 313 g/mol. The van der Waals surface area contributed by atoms with Gasteiger partial charge in [-0.2, -0.15) is 0 Å². The van der Waals surface area contributed by atoms with E-state index in [0.29, 0.717) is 6.54 Å². The molecule has 2 aromatic rings. The molecular formula is C18H23N3O2. The molecule has 0 aliphatic carbocycles. The second-order valence-corrected chi connectivity index (χ2v) is 5.76. The summed E-state index contributed by atoms with van der Waals surface area (Å²) in [6.45, 7) is 3.17. The van der Waals surface area contributed by atoms with E-state index >= 15 is 0 Å². The van der Waals surface area contributed by atoms with Crippen molar-refractivity contribution in [3.63, 3.8) is 0 Å². The third-order valence-corrected chi connectivity index (χ3v) is 3.57. The van der Waals surface area contributed by atoms with Gasteiger partial charge in [-0.3, -0.25) is 14.7 Å². The van der Waals surface area contributed by atoms with Gasteiger partial charge in [-0.25, -0.2) is 0 Å². The zero-order chi connectivity index (χ0) is 16.7. The Labute approximate surface area is 137 Å². The van der Waals surface area contributed by atoms with Crippen LogP contribution >= 0.6 is 0 Å². The van der Waals surface area contributed by atoms with Crippen LogP contribution in [-0.4, -0.2) is 41.0 Å². The zero-order valence-corrected chi connectivity index (χ0v) is 13.6. The van der Waals surface area contributed by atoms with Crippen LogP contribution in [0.1, 0.15) is 22.8 Å². The molecule has 122 valence electrons. The number of hydrogen-bond acceptors (Lipinski definition) is 4. The molecule has 5 nitrogen and oxygen atoms in total. The highest BCUT2D eigenvalue weighted by atomic mass is 16.3. The van der Waals surface area contributed by atoms with Crippen molar-refractivity contribution in [1.29, 1.82) is 0 Å². The molecule has 1 aromatic heterocycles. The molecular weight excluding hydrogens is 290 g/mol. The van der Waals surface area contributed by atoms with Crippen LogP contribution in [0, 0.1) is 6.92 Å². The molecule has 0 fully saturated rings. The number of hydrogen-bond donors (Lipinski definition) is 2. The van der Waals surface area contributed by atoms with Crippen LogP contribution in [0.4, 0.5) is 0 Å². The number of carbonyl (C=O) groups is 1. The van der Waals surface area contributed by atoms with E-state index < -0.39 is 6.10 Å².